The molecule has 0 N–H and O–H groups in total. The predicted octanol–water partition coefficient (Wildman–Crippen LogP) is 2.09. The average molecular weight is 177 g/mol. The van der Waals surface area contributed by atoms with Gasteiger partial charge in [0.25, 0.3) is 0 Å². The molecule has 0 bridgehead atoms. The van der Waals surface area contributed by atoms with Crippen LogP contribution in [0.3, 0.4) is 0 Å². The molecule has 0 spiro atoms. The van der Waals surface area contributed by atoms with Crippen LogP contribution in [0.25, 0.3) is 0 Å². The van der Waals surface area contributed by atoms with Gasteiger partial charge in [0.2, 0.25) is 5.91 Å². The monoisotopic (exact) mass is 177 g/mol. The molecule has 2 rings (SSSR count). The Hall–Kier alpha value is -1.05. The van der Waals surface area contributed by atoms with Crippen molar-refractivity contribution in [2.24, 2.45) is 5.92 Å². The van der Waals surface area contributed by atoms with Crippen molar-refractivity contribution in [3.05, 3.63) is 23.9 Å². The number of rotatable bonds is 1. The first-order chi connectivity index (χ1) is 6.29. The molecule has 2 aliphatic rings. The van der Waals surface area contributed by atoms with Gasteiger partial charge in [0.1, 0.15) is 0 Å². The van der Waals surface area contributed by atoms with Gasteiger partial charge >= 0.3 is 0 Å². The van der Waals surface area contributed by atoms with Crippen molar-refractivity contribution in [3.8, 4) is 0 Å². The predicted molar refractivity (Wildman–Crippen MR) is 52.0 cm³/mol. The highest BCUT2D eigenvalue weighted by Crippen LogP contribution is 2.24. The molecule has 0 aromatic heterocycles. The van der Waals surface area contributed by atoms with E-state index in [0.717, 1.165) is 31.5 Å². The van der Waals surface area contributed by atoms with Crippen LogP contribution in [0, 0.1) is 5.92 Å². The number of nitrogens with zero attached hydrogens (tertiary/aromatic N) is 1. The van der Waals surface area contributed by atoms with Crippen LogP contribution < -0.4 is 0 Å². The van der Waals surface area contributed by atoms with E-state index in [1.165, 1.54) is 0 Å². The minimum atomic E-state index is 0.219. The maximum atomic E-state index is 11.7. The fraction of sp³-hybridized carbons (Fsp3) is 0.545. The largest absolute Gasteiger partial charge is 0.313 e. The van der Waals surface area contributed by atoms with Gasteiger partial charge in [-0.3, -0.25) is 4.79 Å². The Bertz CT molecular complexity index is 278. The van der Waals surface area contributed by atoms with Crippen LogP contribution in [0.4, 0.5) is 0 Å². The molecular weight excluding hydrogens is 162 g/mol. The van der Waals surface area contributed by atoms with E-state index in [0.29, 0.717) is 0 Å². The molecular formula is C11H15NO. The highest BCUT2D eigenvalue weighted by Gasteiger charge is 2.29. The summed E-state index contributed by atoms with van der Waals surface area (Å²) >= 11 is 0. The normalized spacial score (nSPS) is 28.1. The number of allylic oxidation sites excluding steroid dienone is 3. The standard InChI is InChI=1S/C11H15NO/c1-9-7-8-12(11(9)13)10-5-3-2-4-6-10/h3,5-6,9H,2,4,7-8H2,1H3. The Morgan fingerprint density at radius 1 is 1.46 bits per heavy atom. The van der Waals surface area contributed by atoms with Crippen molar-refractivity contribution >= 4 is 5.91 Å². The van der Waals surface area contributed by atoms with Gasteiger partial charge in [0, 0.05) is 18.2 Å². The van der Waals surface area contributed by atoms with Crippen molar-refractivity contribution in [1.82, 2.24) is 4.90 Å². The summed E-state index contributed by atoms with van der Waals surface area (Å²) in [6, 6.07) is 0. The fourth-order valence-corrected chi connectivity index (χ4v) is 1.88. The molecule has 1 atom stereocenters. The van der Waals surface area contributed by atoms with Gasteiger partial charge in [-0.05, 0) is 25.3 Å². The Balaban J connectivity index is 2.13. The van der Waals surface area contributed by atoms with Crippen molar-refractivity contribution in [2.75, 3.05) is 6.54 Å². The van der Waals surface area contributed by atoms with Gasteiger partial charge in [0.15, 0.2) is 0 Å². The Morgan fingerprint density at radius 3 is 2.85 bits per heavy atom. The molecule has 1 heterocycles. The maximum absolute atomic E-state index is 11.7. The molecule has 2 heteroatoms. The molecule has 0 saturated carbocycles. The summed E-state index contributed by atoms with van der Waals surface area (Å²) in [5.74, 6) is 0.508. The zero-order chi connectivity index (χ0) is 9.26. The van der Waals surface area contributed by atoms with E-state index < -0.39 is 0 Å². The summed E-state index contributed by atoms with van der Waals surface area (Å²) in [6.45, 7) is 2.91. The molecule has 2 nitrogen and oxygen atoms in total. The van der Waals surface area contributed by atoms with E-state index in [4.69, 9.17) is 0 Å². The minimum absolute atomic E-state index is 0.219. The number of carbonyl (C=O) groups is 1. The fourth-order valence-electron chi connectivity index (χ4n) is 1.88. The summed E-state index contributed by atoms with van der Waals surface area (Å²) in [6.07, 6.45) is 9.57. The summed E-state index contributed by atoms with van der Waals surface area (Å²) in [5, 5.41) is 0. The lowest BCUT2D eigenvalue weighted by atomic mass is 10.1. The quantitative estimate of drug-likeness (QED) is 0.600. The van der Waals surface area contributed by atoms with Crippen LogP contribution in [0.5, 0.6) is 0 Å². The lowest BCUT2D eigenvalue weighted by molar-refractivity contribution is -0.128. The third kappa shape index (κ3) is 1.53. The molecule has 0 aromatic rings. The Morgan fingerprint density at radius 2 is 2.31 bits per heavy atom. The molecule has 1 unspecified atom stereocenters. The molecule has 0 aromatic carbocycles. The molecule has 1 amide bonds. The second-order valence-corrected chi connectivity index (χ2v) is 3.79. The van der Waals surface area contributed by atoms with Crippen LogP contribution in [0.15, 0.2) is 23.9 Å². The number of hydrogen-bond acceptors (Lipinski definition) is 1. The lowest BCUT2D eigenvalue weighted by Gasteiger charge is -2.19. The maximum Gasteiger partial charge on any atom is 0.229 e. The van der Waals surface area contributed by atoms with Crippen LogP contribution in [0.1, 0.15) is 26.2 Å². The number of amides is 1. The van der Waals surface area contributed by atoms with E-state index in [-0.39, 0.29) is 11.8 Å². The highest BCUT2D eigenvalue weighted by molar-refractivity contribution is 5.82. The molecule has 0 radical (unpaired) electrons. The van der Waals surface area contributed by atoms with Gasteiger partial charge in [-0.2, -0.15) is 0 Å². The third-order valence-corrected chi connectivity index (χ3v) is 2.76. The van der Waals surface area contributed by atoms with Crippen molar-refractivity contribution in [2.45, 2.75) is 26.2 Å². The molecule has 1 saturated heterocycles. The molecule has 1 aliphatic heterocycles. The molecule has 1 fully saturated rings. The number of likely N-dealkylation sites (tertiary alicyclic amines) is 1. The van der Waals surface area contributed by atoms with E-state index in [1.54, 1.807) is 0 Å². The molecule has 1 aliphatic carbocycles. The first-order valence-electron chi connectivity index (χ1n) is 4.97. The lowest BCUT2D eigenvalue weighted by Crippen LogP contribution is -2.25. The van der Waals surface area contributed by atoms with Crippen LogP contribution in [-0.2, 0) is 4.79 Å². The average Bonchev–Trinajstić information content (AvgIpc) is 2.49. The number of carbonyl (C=O) groups excluding carboxylic acids is 1. The summed E-state index contributed by atoms with van der Waals surface area (Å²) in [5.41, 5.74) is 1.11. The second kappa shape index (κ2) is 3.36. The zero-order valence-corrected chi connectivity index (χ0v) is 7.99. The third-order valence-electron chi connectivity index (χ3n) is 2.76. The molecule has 70 valence electrons. The Labute approximate surface area is 78.9 Å². The van der Waals surface area contributed by atoms with Crippen molar-refractivity contribution in [1.29, 1.82) is 0 Å². The SMILES string of the molecule is CC1CCN(C2=CCCC=C2)C1=O. The van der Waals surface area contributed by atoms with Gasteiger partial charge in [-0.25, -0.2) is 0 Å². The van der Waals surface area contributed by atoms with Crippen molar-refractivity contribution < 1.29 is 4.79 Å². The first kappa shape index (κ1) is 8.54. The van der Waals surface area contributed by atoms with Gasteiger partial charge in [0.05, 0.1) is 0 Å². The van der Waals surface area contributed by atoms with Gasteiger partial charge in [-0.15, -0.1) is 0 Å². The topological polar surface area (TPSA) is 20.3 Å². The van der Waals surface area contributed by atoms with Gasteiger partial charge < -0.3 is 4.90 Å². The second-order valence-electron chi connectivity index (χ2n) is 3.79. The van der Waals surface area contributed by atoms with Crippen molar-refractivity contribution in [3.63, 3.8) is 0 Å². The minimum Gasteiger partial charge on any atom is -0.313 e. The summed E-state index contributed by atoms with van der Waals surface area (Å²) in [4.78, 5) is 13.6. The van der Waals surface area contributed by atoms with E-state index in [2.05, 4.69) is 18.2 Å². The smallest absolute Gasteiger partial charge is 0.229 e. The zero-order valence-electron chi connectivity index (χ0n) is 7.99. The van der Waals surface area contributed by atoms with Crippen LogP contribution in [-0.4, -0.2) is 17.4 Å². The van der Waals surface area contributed by atoms with Gasteiger partial charge in [-0.1, -0.05) is 19.1 Å². The number of hydrogen-bond donors (Lipinski definition) is 0. The molecule has 13 heavy (non-hydrogen) atoms. The first-order valence-corrected chi connectivity index (χ1v) is 4.97. The summed E-state index contributed by atoms with van der Waals surface area (Å²) < 4.78 is 0. The summed E-state index contributed by atoms with van der Waals surface area (Å²) in [7, 11) is 0. The van der Waals surface area contributed by atoms with E-state index >= 15 is 0 Å². The Kier molecular flexibility index (Phi) is 2.21. The highest BCUT2D eigenvalue weighted by atomic mass is 16.2. The van der Waals surface area contributed by atoms with Crippen LogP contribution >= 0.6 is 0 Å². The van der Waals surface area contributed by atoms with E-state index in [9.17, 15) is 4.79 Å². The van der Waals surface area contributed by atoms with E-state index in [1.807, 2.05) is 11.8 Å². The van der Waals surface area contributed by atoms with Crippen LogP contribution in [0.2, 0.25) is 0 Å².